The number of carbonyl (C=O) groups is 1. The molecule has 1 fully saturated rings. The SMILES string of the molecule is O=C(Nc1cccc2cccnc12)c1cccnc1N1CCOCC1. The predicted molar refractivity (Wildman–Crippen MR) is 97.0 cm³/mol. The first-order valence-corrected chi connectivity index (χ1v) is 8.26. The number of hydrogen-bond acceptors (Lipinski definition) is 5. The molecule has 1 amide bonds. The lowest BCUT2D eigenvalue weighted by molar-refractivity contribution is 0.102. The summed E-state index contributed by atoms with van der Waals surface area (Å²) in [6.45, 7) is 2.75. The van der Waals surface area contributed by atoms with Crippen LogP contribution in [0.5, 0.6) is 0 Å². The summed E-state index contributed by atoms with van der Waals surface area (Å²) in [5, 5.41) is 3.97. The second kappa shape index (κ2) is 6.86. The molecule has 0 unspecified atom stereocenters. The number of hydrogen-bond donors (Lipinski definition) is 1. The van der Waals surface area contributed by atoms with Crippen LogP contribution in [0.3, 0.4) is 0 Å². The Morgan fingerprint density at radius 3 is 2.64 bits per heavy atom. The lowest BCUT2D eigenvalue weighted by atomic mass is 10.1. The Morgan fingerprint density at radius 1 is 1.00 bits per heavy atom. The molecule has 2 aromatic heterocycles. The predicted octanol–water partition coefficient (Wildman–Crippen LogP) is 2.72. The van der Waals surface area contributed by atoms with Crippen LogP contribution in [-0.2, 0) is 4.74 Å². The van der Waals surface area contributed by atoms with Gasteiger partial charge in [0.05, 0.1) is 30.0 Å². The van der Waals surface area contributed by atoms with Gasteiger partial charge in [0.25, 0.3) is 5.91 Å². The molecule has 3 heterocycles. The van der Waals surface area contributed by atoms with Gasteiger partial charge in [0.2, 0.25) is 0 Å². The third-order valence-electron chi connectivity index (χ3n) is 4.22. The van der Waals surface area contributed by atoms with Crippen LogP contribution in [0, 0.1) is 0 Å². The summed E-state index contributed by atoms with van der Waals surface area (Å²) in [6.07, 6.45) is 3.43. The van der Waals surface area contributed by atoms with Crippen molar-refractivity contribution in [2.75, 3.05) is 36.5 Å². The van der Waals surface area contributed by atoms with Crippen LogP contribution in [0.4, 0.5) is 11.5 Å². The Labute approximate surface area is 145 Å². The van der Waals surface area contributed by atoms with Gasteiger partial charge >= 0.3 is 0 Å². The van der Waals surface area contributed by atoms with E-state index in [1.807, 2.05) is 30.3 Å². The highest BCUT2D eigenvalue weighted by molar-refractivity contribution is 6.10. The van der Waals surface area contributed by atoms with Crippen LogP contribution >= 0.6 is 0 Å². The number of benzene rings is 1. The number of nitrogens with one attached hydrogen (secondary N) is 1. The van der Waals surface area contributed by atoms with E-state index in [1.54, 1.807) is 24.5 Å². The zero-order valence-corrected chi connectivity index (χ0v) is 13.7. The van der Waals surface area contributed by atoms with E-state index in [1.165, 1.54) is 0 Å². The normalized spacial score (nSPS) is 14.5. The van der Waals surface area contributed by atoms with Crippen molar-refractivity contribution in [2.24, 2.45) is 0 Å². The molecule has 0 aliphatic carbocycles. The molecule has 6 nitrogen and oxygen atoms in total. The van der Waals surface area contributed by atoms with Gasteiger partial charge in [-0.25, -0.2) is 4.98 Å². The second-order valence-corrected chi connectivity index (χ2v) is 5.81. The van der Waals surface area contributed by atoms with Crippen LogP contribution in [0.1, 0.15) is 10.4 Å². The quantitative estimate of drug-likeness (QED) is 0.798. The van der Waals surface area contributed by atoms with Gasteiger partial charge in [-0.05, 0) is 24.3 Å². The Bertz CT molecular complexity index is 901. The smallest absolute Gasteiger partial charge is 0.259 e. The Morgan fingerprint density at radius 2 is 1.76 bits per heavy atom. The lowest BCUT2D eigenvalue weighted by Gasteiger charge is -2.29. The third kappa shape index (κ3) is 3.16. The molecule has 1 N–H and O–H groups in total. The van der Waals surface area contributed by atoms with Gasteiger partial charge in [0, 0.05) is 30.9 Å². The molecule has 1 saturated heterocycles. The van der Waals surface area contributed by atoms with Crippen molar-refractivity contribution in [1.82, 2.24) is 9.97 Å². The number of carbonyl (C=O) groups excluding carboxylic acids is 1. The minimum absolute atomic E-state index is 0.187. The number of fused-ring (bicyclic) bond motifs is 1. The van der Waals surface area contributed by atoms with Crippen molar-refractivity contribution in [1.29, 1.82) is 0 Å². The summed E-state index contributed by atoms with van der Waals surface area (Å²) in [5.41, 5.74) is 2.02. The van der Waals surface area contributed by atoms with Crippen molar-refractivity contribution in [2.45, 2.75) is 0 Å². The molecule has 126 valence electrons. The Balaban J connectivity index is 1.65. The minimum Gasteiger partial charge on any atom is -0.378 e. The number of amides is 1. The number of pyridine rings is 2. The molecular weight excluding hydrogens is 316 g/mol. The number of para-hydroxylation sites is 1. The Kier molecular flexibility index (Phi) is 4.26. The average molecular weight is 334 g/mol. The number of anilines is 2. The van der Waals surface area contributed by atoms with Crippen molar-refractivity contribution in [3.63, 3.8) is 0 Å². The number of ether oxygens (including phenoxy) is 1. The Hall–Kier alpha value is -2.99. The molecule has 0 radical (unpaired) electrons. The number of rotatable bonds is 3. The van der Waals surface area contributed by atoms with E-state index in [0.29, 0.717) is 30.3 Å². The van der Waals surface area contributed by atoms with Crippen LogP contribution in [0.2, 0.25) is 0 Å². The van der Waals surface area contributed by atoms with Gasteiger partial charge in [-0.3, -0.25) is 9.78 Å². The first kappa shape index (κ1) is 15.5. The number of morpholine rings is 1. The van der Waals surface area contributed by atoms with E-state index in [-0.39, 0.29) is 5.91 Å². The van der Waals surface area contributed by atoms with E-state index in [2.05, 4.69) is 20.2 Å². The van der Waals surface area contributed by atoms with Crippen molar-refractivity contribution in [3.05, 3.63) is 60.4 Å². The standard InChI is InChI=1S/C19H18N4O2/c24-19(22-16-7-1-4-14-5-2-8-20-17(14)16)15-6-3-9-21-18(15)23-10-12-25-13-11-23/h1-9H,10-13H2,(H,22,24). The maximum Gasteiger partial charge on any atom is 0.259 e. The fourth-order valence-electron chi connectivity index (χ4n) is 3.00. The molecule has 3 aromatic rings. The summed E-state index contributed by atoms with van der Waals surface area (Å²) in [6, 6.07) is 13.2. The number of aromatic nitrogens is 2. The highest BCUT2D eigenvalue weighted by Gasteiger charge is 2.20. The first-order valence-electron chi connectivity index (χ1n) is 8.26. The van der Waals surface area contributed by atoms with Gasteiger partial charge in [-0.15, -0.1) is 0 Å². The van der Waals surface area contributed by atoms with Crippen LogP contribution < -0.4 is 10.2 Å². The topological polar surface area (TPSA) is 67.4 Å². The van der Waals surface area contributed by atoms with Crippen molar-refractivity contribution in [3.8, 4) is 0 Å². The molecular formula is C19H18N4O2. The van der Waals surface area contributed by atoms with Crippen LogP contribution in [0.25, 0.3) is 10.9 Å². The molecule has 6 heteroatoms. The lowest BCUT2D eigenvalue weighted by Crippen LogP contribution is -2.38. The fourth-order valence-corrected chi connectivity index (χ4v) is 3.00. The molecule has 0 saturated carbocycles. The largest absolute Gasteiger partial charge is 0.378 e. The highest BCUT2D eigenvalue weighted by Crippen LogP contribution is 2.24. The van der Waals surface area contributed by atoms with Crippen LogP contribution in [-0.4, -0.2) is 42.2 Å². The van der Waals surface area contributed by atoms with E-state index in [4.69, 9.17) is 4.74 Å². The summed E-state index contributed by atoms with van der Waals surface area (Å²) in [7, 11) is 0. The van der Waals surface area contributed by atoms with E-state index in [9.17, 15) is 4.79 Å². The van der Waals surface area contributed by atoms with Crippen molar-refractivity contribution >= 4 is 28.3 Å². The molecule has 0 spiro atoms. The van der Waals surface area contributed by atoms with E-state index in [0.717, 1.165) is 24.0 Å². The van der Waals surface area contributed by atoms with Gasteiger partial charge in [-0.1, -0.05) is 18.2 Å². The molecule has 25 heavy (non-hydrogen) atoms. The first-order chi connectivity index (χ1) is 12.3. The van der Waals surface area contributed by atoms with E-state index < -0.39 is 0 Å². The van der Waals surface area contributed by atoms with Gasteiger partial charge in [0.1, 0.15) is 5.82 Å². The number of nitrogens with zero attached hydrogens (tertiary/aromatic N) is 3. The molecule has 0 bridgehead atoms. The summed E-state index contributed by atoms with van der Waals surface area (Å²) >= 11 is 0. The maximum atomic E-state index is 12.9. The summed E-state index contributed by atoms with van der Waals surface area (Å²) in [5.74, 6) is 0.504. The zero-order valence-electron chi connectivity index (χ0n) is 13.7. The molecule has 0 atom stereocenters. The highest BCUT2D eigenvalue weighted by atomic mass is 16.5. The van der Waals surface area contributed by atoms with Crippen molar-refractivity contribution < 1.29 is 9.53 Å². The molecule has 4 rings (SSSR count). The minimum atomic E-state index is -0.187. The van der Waals surface area contributed by atoms with Gasteiger partial charge in [0.15, 0.2) is 0 Å². The second-order valence-electron chi connectivity index (χ2n) is 5.81. The molecule has 1 aliphatic rings. The fraction of sp³-hybridized carbons (Fsp3) is 0.211. The maximum absolute atomic E-state index is 12.9. The van der Waals surface area contributed by atoms with Crippen LogP contribution in [0.15, 0.2) is 54.9 Å². The zero-order chi connectivity index (χ0) is 17.1. The average Bonchev–Trinajstić information content (AvgIpc) is 2.69. The summed E-state index contributed by atoms with van der Waals surface area (Å²) in [4.78, 5) is 23.8. The molecule has 1 aromatic carbocycles. The monoisotopic (exact) mass is 334 g/mol. The third-order valence-corrected chi connectivity index (χ3v) is 4.22. The van der Waals surface area contributed by atoms with Gasteiger partial charge in [-0.2, -0.15) is 0 Å². The van der Waals surface area contributed by atoms with E-state index >= 15 is 0 Å². The molecule has 1 aliphatic heterocycles. The summed E-state index contributed by atoms with van der Waals surface area (Å²) < 4.78 is 5.39. The van der Waals surface area contributed by atoms with Gasteiger partial charge < -0.3 is 15.0 Å².